The molecule has 0 bridgehead atoms. The maximum absolute atomic E-state index is 12.2. The molecule has 1 aliphatic rings. The molecule has 1 rings (SSSR count). The standard InChI is InChI=1S/C13H26N2O2/c1-3-10-15(12-6-8-14-9-7-12)13(16)5-4-11-17-2/h12,14H,3-11H2,1-2H3. The van der Waals surface area contributed by atoms with Crippen LogP contribution < -0.4 is 5.32 Å². The number of methoxy groups -OCH3 is 1. The van der Waals surface area contributed by atoms with Crippen LogP contribution in [0.25, 0.3) is 0 Å². The monoisotopic (exact) mass is 242 g/mol. The topological polar surface area (TPSA) is 41.6 Å². The highest BCUT2D eigenvalue weighted by molar-refractivity contribution is 5.76. The summed E-state index contributed by atoms with van der Waals surface area (Å²) < 4.78 is 5.00. The first-order valence-corrected chi connectivity index (χ1v) is 6.78. The van der Waals surface area contributed by atoms with Crippen LogP contribution in [0.5, 0.6) is 0 Å². The maximum atomic E-state index is 12.2. The molecule has 4 heteroatoms. The first-order chi connectivity index (χ1) is 8.29. The third-order valence-electron chi connectivity index (χ3n) is 3.27. The molecule has 1 aliphatic heterocycles. The predicted molar refractivity (Wildman–Crippen MR) is 69.0 cm³/mol. The second-order valence-electron chi connectivity index (χ2n) is 4.66. The van der Waals surface area contributed by atoms with Gasteiger partial charge in [-0.1, -0.05) is 6.92 Å². The number of carbonyl (C=O) groups is 1. The first kappa shape index (κ1) is 14.5. The lowest BCUT2D eigenvalue weighted by atomic mass is 10.0. The second kappa shape index (κ2) is 8.48. The van der Waals surface area contributed by atoms with Crippen LogP contribution >= 0.6 is 0 Å². The fourth-order valence-electron chi connectivity index (χ4n) is 2.38. The zero-order valence-electron chi connectivity index (χ0n) is 11.2. The van der Waals surface area contributed by atoms with E-state index in [2.05, 4.69) is 17.1 Å². The average Bonchev–Trinajstić information content (AvgIpc) is 2.37. The molecule has 100 valence electrons. The van der Waals surface area contributed by atoms with E-state index in [1.165, 1.54) is 0 Å². The lowest BCUT2D eigenvalue weighted by Crippen LogP contribution is -2.46. The summed E-state index contributed by atoms with van der Waals surface area (Å²) in [6.07, 6.45) is 4.68. The van der Waals surface area contributed by atoms with Crippen LogP contribution in [0.4, 0.5) is 0 Å². The molecule has 1 N–H and O–H groups in total. The van der Waals surface area contributed by atoms with Crippen molar-refractivity contribution in [3.63, 3.8) is 0 Å². The molecule has 0 aromatic rings. The summed E-state index contributed by atoms with van der Waals surface area (Å²) >= 11 is 0. The Bertz CT molecular complexity index is 215. The molecule has 0 aliphatic carbocycles. The van der Waals surface area contributed by atoms with Gasteiger partial charge in [-0.15, -0.1) is 0 Å². The number of amides is 1. The highest BCUT2D eigenvalue weighted by atomic mass is 16.5. The lowest BCUT2D eigenvalue weighted by Gasteiger charge is -2.34. The van der Waals surface area contributed by atoms with Crippen molar-refractivity contribution < 1.29 is 9.53 Å². The van der Waals surface area contributed by atoms with Gasteiger partial charge < -0.3 is 15.0 Å². The molecular weight excluding hydrogens is 216 g/mol. The van der Waals surface area contributed by atoms with Crippen molar-refractivity contribution in [2.75, 3.05) is 33.4 Å². The van der Waals surface area contributed by atoms with Crippen LogP contribution in [0.2, 0.25) is 0 Å². The minimum absolute atomic E-state index is 0.302. The minimum Gasteiger partial charge on any atom is -0.385 e. The molecule has 0 atom stereocenters. The first-order valence-electron chi connectivity index (χ1n) is 6.78. The number of piperidine rings is 1. The Labute approximate surface area is 105 Å². The SMILES string of the molecule is CCCN(C(=O)CCCOC)C1CCNCC1. The van der Waals surface area contributed by atoms with Crippen LogP contribution in [-0.4, -0.2) is 50.2 Å². The van der Waals surface area contributed by atoms with Crippen molar-refractivity contribution >= 4 is 5.91 Å². The Hall–Kier alpha value is -0.610. The largest absolute Gasteiger partial charge is 0.385 e. The van der Waals surface area contributed by atoms with Crippen LogP contribution in [0.1, 0.15) is 39.0 Å². The molecular formula is C13H26N2O2. The van der Waals surface area contributed by atoms with E-state index in [9.17, 15) is 4.79 Å². The van der Waals surface area contributed by atoms with Crippen LogP contribution in [0, 0.1) is 0 Å². The van der Waals surface area contributed by atoms with E-state index in [1.807, 2.05) is 0 Å². The summed E-state index contributed by atoms with van der Waals surface area (Å²) in [4.78, 5) is 14.3. The number of carbonyl (C=O) groups excluding carboxylic acids is 1. The summed E-state index contributed by atoms with van der Waals surface area (Å²) in [5.74, 6) is 0.302. The van der Waals surface area contributed by atoms with Crippen molar-refractivity contribution in [3.05, 3.63) is 0 Å². The van der Waals surface area contributed by atoms with Gasteiger partial charge in [-0.3, -0.25) is 4.79 Å². The van der Waals surface area contributed by atoms with Gasteiger partial charge in [-0.2, -0.15) is 0 Å². The van der Waals surface area contributed by atoms with Gasteiger partial charge in [0, 0.05) is 32.7 Å². The van der Waals surface area contributed by atoms with E-state index < -0.39 is 0 Å². The van der Waals surface area contributed by atoms with Crippen molar-refractivity contribution in [2.24, 2.45) is 0 Å². The molecule has 17 heavy (non-hydrogen) atoms. The molecule has 0 aromatic heterocycles. The molecule has 1 fully saturated rings. The molecule has 1 heterocycles. The molecule has 1 amide bonds. The van der Waals surface area contributed by atoms with E-state index in [1.54, 1.807) is 7.11 Å². The number of rotatable bonds is 7. The number of nitrogens with zero attached hydrogens (tertiary/aromatic N) is 1. The molecule has 4 nitrogen and oxygen atoms in total. The zero-order chi connectivity index (χ0) is 12.5. The summed E-state index contributed by atoms with van der Waals surface area (Å²) in [5, 5.41) is 3.34. The highest BCUT2D eigenvalue weighted by Gasteiger charge is 2.23. The van der Waals surface area contributed by atoms with Crippen molar-refractivity contribution in [1.82, 2.24) is 10.2 Å². The van der Waals surface area contributed by atoms with Gasteiger partial charge in [0.15, 0.2) is 0 Å². The van der Waals surface area contributed by atoms with Gasteiger partial charge in [0.05, 0.1) is 0 Å². The smallest absolute Gasteiger partial charge is 0.222 e. The zero-order valence-corrected chi connectivity index (χ0v) is 11.2. The normalized spacial score (nSPS) is 17.1. The Morgan fingerprint density at radius 3 is 2.71 bits per heavy atom. The number of ether oxygens (including phenoxy) is 1. The van der Waals surface area contributed by atoms with E-state index in [4.69, 9.17) is 4.74 Å². The van der Waals surface area contributed by atoms with Gasteiger partial charge in [-0.25, -0.2) is 0 Å². The van der Waals surface area contributed by atoms with Crippen LogP contribution in [0.3, 0.4) is 0 Å². The predicted octanol–water partition coefficient (Wildman–Crippen LogP) is 1.40. The Balaban J connectivity index is 2.42. The maximum Gasteiger partial charge on any atom is 0.222 e. The number of hydrogen-bond donors (Lipinski definition) is 1. The van der Waals surface area contributed by atoms with Crippen LogP contribution in [0.15, 0.2) is 0 Å². The summed E-state index contributed by atoms with van der Waals surface area (Å²) in [7, 11) is 1.68. The summed E-state index contributed by atoms with van der Waals surface area (Å²) in [5.41, 5.74) is 0. The molecule has 0 radical (unpaired) electrons. The Morgan fingerprint density at radius 1 is 1.41 bits per heavy atom. The van der Waals surface area contributed by atoms with Crippen molar-refractivity contribution in [3.8, 4) is 0 Å². The molecule has 0 unspecified atom stereocenters. The van der Waals surface area contributed by atoms with Gasteiger partial charge in [0.25, 0.3) is 0 Å². The van der Waals surface area contributed by atoms with E-state index in [0.717, 1.165) is 45.3 Å². The van der Waals surface area contributed by atoms with Crippen molar-refractivity contribution in [2.45, 2.75) is 45.1 Å². The number of nitrogens with one attached hydrogen (secondary N) is 1. The lowest BCUT2D eigenvalue weighted by molar-refractivity contribution is -0.134. The Kier molecular flexibility index (Phi) is 7.21. The van der Waals surface area contributed by atoms with Gasteiger partial charge >= 0.3 is 0 Å². The summed E-state index contributed by atoms with van der Waals surface area (Å²) in [6.45, 7) is 5.79. The number of hydrogen-bond acceptors (Lipinski definition) is 3. The highest BCUT2D eigenvalue weighted by Crippen LogP contribution is 2.14. The van der Waals surface area contributed by atoms with Gasteiger partial charge in [0.1, 0.15) is 0 Å². The van der Waals surface area contributed by atoms with Crippen molar-refractivity contribution in [1.29, 1.82) is 0 Å². The Morgan fingerprint density at radius 2 is 2.12 bits per heavy atom. The fraction of sp³-hybridized carbons (Fsp3) is 0.923. The van der Waals surface area contributed by atoms with E-state index >= 15 is 0 Å². The molecule has 0 spiro atoms. The van der Waals surface area contributed by atoms with E-state index in [0.29, 0.717) is 25.0 Å². The second-order valence-corrected chi connectivity index (χ2v) is 4.66. The quantitative estimate of drug-likeness (QED) is 0.686. The minimum atomic E-state index is 0.302. The third kappa shape index (κ3) is 5.04. The molecule has 1 saturated heterocycles. The molecule has 0 saturated carbocycles. The van der Waals surface area contributed by atoms with E-state index in [-0.39, 0.29) is 0 Å². The summed E-state index contributed by atoms with van der Waals surface area (Å²) in [6, 6.07) is 0.450. The van der Waals surface area contributed by atoms with Crippen LogP contribution in [-0.2, 0) is 9.53 Å². The average molecular weight is 242 g/mol. The van der Waals surface area contributed by atoms with Gasteiger partial charge in [-0.05, 0) is 38.8 Å². The third-order valence-corrected chi connectivity index (χ3v) is 3.27. The fourth-order valence-corrected chi connectivity index (χ4v) is 2.38. The molecule has 0 aromatic carbocycles. The van der Waals surface area contributed by atoms with Gasteiger partial charge in [0.2, 0.25) is 5.91 Å².